The van der Waals surface area contributed by atoms with Crippen LogP contribution in [0.15, 0.2) is 22.7 Å². The molecule has 0 heterocycles. The molecule has 2 N–H and O–H groups in total. The summed E-state index contributed by atoms with van der Waals surface area (Å²) in [7, 11) is 2.89. The molecular weight excluding hydrogens is 330 g/mol. The van der Waals surface area contributed by atoms with E-state index in [0.717, 1.165) is 0 Å². The van der Waals surface area contributed by atoms with Crippen molar-refractivity contribution in [3.8, 4) is 5.75 Å². The predicted octanol–water partition coefficient (Wildman–Crippen LogP) is 1.68. The molecule has 0 aliphatic rings. The number of halogens is 1. The maximum atomic E-state index is 12.1. The largest absolute Gasteiger partial charge is 0.496 e. The number of hydrogen-bond donors (Lipinski definition) is 2. The summed E-state index contributed by atoms with van der Waals surface area (Å²) >= 11 is 3.27. The van der Waals surface area contributed by atoms with Gasteiger partial charge in [-0.25, -0.2) is 4.79 Å². The molecule has 0 bridgehead atoms. The normalized spacial score (nSPS) is 13.4. The summed E-state index contributed by atoms with van der Waals surface area (Å²) in [4.78, 5) is 23.3. The second-order valence-electron chi connectivity index (χ2n) is 4.37. The highest BCUT2D eigenvalue weighted by Gasteiger charge is 2.35. The van der Waals surface area contributed by atoms with Crippen molar-refractivity contribution in [1.29, 1.82) is 0 Å². The van der Waals surface area contributed by atoms with E-state index in [1.54, 1.807) is 18.2 Å². The Morgan fingerprint density at radius 2 is 2.05 bits per heavy atom. The molecule has 0 saturated carbocycles. The SMILES string of the molecule is COCC(C)(NC(=O)c1ccc(OC)c(Br)c1)C(=O)O. The molecule has 1 unspecified atom stereocenters. The van der Waals surface area contributed by atoms with Crippen LogP contribution >= 0.6 is 15.9 Å². The van der Waals surface area contributed by atoms with Crippen LogP contribution < -0.4 is 10.1 Å². The zero-order valence-corrected chi connectivity index (χ0v) is 13.0. The number of aliphatic carboxylic acids is 1. The number of amides is 1. The zero-order chi connectivity index (χ0) is 15.3. The van der Waals surface area contributed by atoms with Gasteiger partial charge in [-0.1, -0.05) is 0 Å². The smallest absolute Gasteiger partial charge is 0.331 e. The number of hydrogen-bond acceptors (Lipinski definition) is 4. The van der Waals surface area contributed by atoms with Crippen molar-refractivity contribution in [2.24, 2.45) is 0 Å². The van der Waals surface area contributed by atoms with Gasteiger partial charge in [0.25, 0.3) is 5.91 Å². The van der Waals surface area contributed by atoms with E-state index in [-0.39, 0.29) is 6.61 Å². The molecule has 0 aromatic heterocycles. The van der Waals surface area contributed by atoms with E-state index in [0.29, 0.717) is 15.8 Å². The Labute approximate surface area is 125 Å². The van der Waals surface area contributed by atoms with E-state index in [2.05, 4.69) is 21.2 Å². The number of ether oxygens (including phenoxy) is 2. The second kappa shape index (κ2) is 6.71. The number of carbonyl (C=O) groups excluding carboxylic acids is 1. The molecule has 1 aromatic rings. The van der Waals surface area contributed by atoms with Gasteiger partial charge in [0, 0.05) is 12.7 Å². The topological polar surface area (TPSA) is 84.9 Å². The number of carboxylic acids is 1. The average molecular weight is 346 g/mol. The highest BCUT2D eigenvalue weighted by atomic mass is 79.9. The molecule has 0 radical (unpaired) electrons. The van der Waals surface area contributed by atoms with Crippen LogP contribution in [-0.4, -0.2) is 43.3 Å². The summed E-state index contributed by atoms with van der Waals surface area (Å²) in [6, 6.07) is 4.73. The molecule has 1 amide bonds. The fraction of sp³-hybridized carbons (Fsp3) is 0.385. The molecular formula is C13H16BrNO5. The van der Waals surface area contributed by atoms with Gasteiger partial charge in [-0.3, -0.25) is 4.79 Å². The van der Waals surface area contributed by atoms with E-state index in [1.165, 1.54) is 21.1 Å². The molecule has 1 aromatic carbocycles. The van der Waals surface area contributed by atoms with Crippen molar-refractivity contribution in [1.82, 2.24) is 5.32 Å². The fourth-order valence-corrected chi connectivity index (χ4v) is 2.11. The number of benzene rings is 1. The summed E-state index contributed by atoms with van der Waals surface area (Å²) in [5, 5.41) is 11.6. The first-order valence-corrected chi connectivity index (χ1v) is 6.51. The van der Waals surface area contributed by atoms with E-state index in [1.807, 2.05) is 0 Å². The lowest BCUT2D eigenvalue weighted by molar-refractivity contribution is -0.145. The van der Waals surface area contributed by atoms with Gasteiger partial charge in [0.05, 0.1) is 18.2 Å². The van der Waals surface area contributed by atoms with Crippen LogP contribution in [-0.2, 0) is 9.53 Å². The lowest BCUT2D eigenvalue weighted by Crippen LogP contribution is -2.55. The number of carbonyl (C=O) groups is 2. The Hall–Kier alpha value is -1.60. The fourth-order valence-electron chi connectivity index (χ4n) is 1.57. The quantitative estimate of drug-likeness (QED) is 0.819. The highest BCUT2D eigenvalue weighted by molar-refractivity contribution is 9.10. The minimum absolute atomic E-state index is 0.134. The van der Waals surface area contributed by atoms with E-state index < -0.39 is 17.4 Å². The first-order chi connectivity index (χ1) is 9.34. The van der Waals surface area contributed by atoms with Crippen LogP contribution in [0.1, 0.15) is 17.3 Å². The molecule has 110 valence electrons. The van der Waals surface area contributed by atoms with Gasteiger partial charge in [0.15, 0.2) is 5.54 Å². The van der Waals surface area contributed by atoms with Crippen LogP contribution in [0.4, 0.5) is 0 Å². The van der Waals surface area contributed by atoms with E-state index in [4.69, 9.17) is 9.47 Å². The van der Waals surface area contributed by atoms with E-state index >= 15 is 0 Å². The van der Waals surface area contributed by atoms with Crippen LogP contribution in [0.5, 0.6) is 5.75 Å². The standard InChI is InChI=1S/C13H16BrNO5/c1-13(7-19-2,12(17)18)15-11(16)8-4-5-10(20-3)9(14)6-8/h4-6H,7H2,1-3H3,(H,15,16)(H,17,18). The summed E-state index contributed by atoms with van der Waals surface area (Å²) in [6.45, 7) is 1.25. The van der Waals surface area contributed by atoms with Gasteiger partial charge in [-0.2, -0.15) is 0 Å². The Bertz CT molecular complexity index is 519. The Morgan fingerprint density at radius 3 is 2.50 bits per heavy atom. The number of methoxy groups -OCH3 is 2. The van der Waals surface area contributed by atoms with Crippen LogP contribution in [0.2, 0.25) is 0 Å². The number of carboxylic acid groups (broad SMARTS) is 1. The zero-order valence-electron chi connectivity index (χ0n) is 11.4. The first kappa shape index (κ1) is 16.5. The molecule has 20 heavy (non-hydrogen) atoms. The third kappa shape index (κ3) is 3.71. The Kier molecular flexibility index (Phi) is 5.52. The minimum Gasteiger partial charge on any atom is -0.496 e. The van der Waals surface area contributed by atoms with Gasteiger partial charge in [0.2, 0.25) is 0 Å². The van der Waals surface area contributed by atoms with Crippen LogP contribution in [0.25, 0.3) is 0 Å². The minimum atomic E-state index is -1.49. The monoisotopic (exact) mass is 345 g/mol. The lowest BCUT2D eigenvalue weighted by atomic mass is 10.0. The van der Waals surface area contributed by atoms with Crippen molar-refractivity contribution in [3.63, 3.8) is 0 Å². The van der Waals surface area contributed by atoms with Gasteiger partial charge in [-0.15, -0.1) is 0 Å². The molecule has 0 fully saturated rings. The maximum Gasteiger partial charge on any atom is 0.331 e. The first-order valence-electron chi connectivity index (χ1n) is 5.72. The van der Waals surface area contributed by atoms with Gasteiger partial charge in [-0.05, 0) is 41.1 Å². The summed E-state index contributed by atoms with van der Waals surface area (Å²) in [6.07, 6.45) is 0. The lowest BCUT2D eigenvalue weighted by Gasteiger charge is -2.25. The summed E-state index contributed by atoms with van der Waals surface area (Å²) < 4.78 is 10.5. The molecule has 7 heteroatoms. The van der Waals surface area contributed by atoms with Crippen LogP contribution in [0.3, 0.4) is 0 Å². The van der Waals surface area contributed by atoms with Crippen molar-refractivity contribution >= 4 is 27.8 Å². The Balaban J connectivity index is 2.95. The molecule has 0 spiro atoms. The molecule has 0 saturated heterocycles. The number of nitrogens with one attached hydrogen (secondary N) is 1. The number of rotatable bonds is 6. The van der Waals surface area contributed by atoms with Crippen molar-refractivity contribution in [3.05, 3.63) is 28.2 Å². The van der Waals surface area contributed by atoms with E-state index in [9.17, 15) is 14.7 Å². The Morgan fingerprint density at radius 1 is 1.40 bits per heavy atom. The average Bonchev–Trinajstić information content (AvgIpc) is 2.38. The van der Waals surface area contributed by atoms with Crippen molar-refractivity contribution in [2.75, 3.05) is 20.8 Å². The third-order valence-electron chi connectivity index (χ3n) is 2.71. The summed E-state index contributed by atoms with van der Waals surface area (Å²) in [5.41, 5.74) is -1.17. The van der Waals surface area contributed by atoms with Crippen molar-refractivity contribution in [2.45, 2.75) is 12.5 Å². The molecule has 1 rings (SSSR count). The molecule has 1 atom stereocenters. The van der Waals surface area contributed by atoms with Crippen molar-refractivity contribution < 1.29 is 24.2 Å². The van der Waals surface area contributed by atoms with Crippen LogP contribution in [0, 0.1) is 0 Å². The van der Waals surface area contributed by atoms with Gasteiger partial charge >= 0.3 is 5.97 Å². The van der Waals surface area contributed by atoms with Gasteiger partial charge in [0.1, 0.15) is 5.75 Å². The maximum absolute atomic E-state index is 12.1. The molecule has 6 nitrogen and oxygen atoms in total. The predicted molar refractivity (Wildman–Crippen MR) is 76.1 cm³/mol. The summed E-state index contributed by atoms with van der Waals surface area (Å²) in [5.74, 6) is -1.09. The highest BCUT2D eigenvalue weighted by Crippen LogP contribution is 2.25. The van der Waals surface area contributed by atoms with Gasteiger partial charge < -0.3 is 19.9 Å². The molecule has 0 aliphatic carbocycles. The second-order valence-corrected chi connectivity index (χ2v) is 5.23. The third-order valence-corrected chi connectivity index (χ3v) is 3.33. The molecule has 0 aliphatic heterocycles.